The predicted octanol–water partition coefficient (Wildman–Crippen LogP) is 3.38. The molecule has 114 valence electrons. The van der Waals surface area contributed by atoms with E-state index >= 15 is 0 Å². The molecule has 0 radical (unpaired) electrons. The molecule has 0 aliphatic rings. The summed E-state index contributed by atoms with van der Waals surface area (Å²) in [6.45, 7) is 7.13. The van der Waals surface area contributed by atoms with Gasteiger partial charge in [0, 0.05) is 29.7 Å². The molecule has 4 heteroatoms. The van der Waals surface area contributed by atoms with Crippen molar-refractivity contribution < 1.29 is 9.53 Å². The molecule has 4 nitrogen and oxygen atoms in total. The van der Waals surface area contributed by atoms with E-state index in [1.807, 2.05) is 27.1 Å². The Kier molecular flexibility index (Phi) is 4.37. The van der Waals surface area contributed by atoms with Gasteiger partial charge in [-0.1, -0.05) is 0 Å². The van der Waals surface area contributed by atoms with Gasteiger partial charge in [-0.3, -0.25) is 0 Å². The number of rotatable bonds is 4. The normalized spacial score (nSPS) is 11.6. The van der Waals surface area contributed by atoms with Gasteiger partial charge in [0.15, 0.2) is 0 Å². The molecule has 0 atom stereocenters. The van der Waals surface area contributed by atoms with Gasteiger partial charge < -0.3 is 14.2 Å². The van der Waals surface area contributed by atoms with E-state index in [-0.39, 0.29) is 5.97 Å². The lowest BCUT2D eigenvalue weighted by molar-refractivity contribution is 0.0602. The first-order valence-corrected chi connectivity index (χ1v) is 7.22. The molecule has 0 saturated carbocycles. The fourth-order valence-corrected chi connectivity index (χ4v) is 2.80. The summed E-state index contributed by atoms with van der Waals surface area (Å²) in [4.78, 5) is 14.2. The van der Waals surface area contributed by atoms with E-state index in [0.29, 0.717) is 11.6 Å². The molecule has 0 saturated heterocycles. The van der Waals surface area contributed by atoms with Crippen molar-refractivity contribution >= 4 is 16.9 Å². The van der Waals surface area contributed by atoms with E-state index in [1.165, 1.54) is 7.11 Å². The van der Waals surface area contributed by atoms with E-state index in [9.17, 15) is 4.79 Å². The second kappa shape index (κ2) is 5.90. The Morgan fingerprint density at radius 1 is 1.33 bits per heavy atom. The number of fused-ring (bicyclic) bond motifs is 1. The molecule has 1 heterocycles. The molecule has 0 aliphatic heterocycles. The third-order valence-electron chi connectivity index (χ3n) is 3.64. The maximum absolute atomic E-state index is 12.2. The van der Waals surface area contributed by atoms with Crippen molar-refractivity contribution in [3.63, 3.8) is 0 Å². The molecule has 0 aliphatic carbocycles. The van der Waals surface area contributed by atoms with Crippen molar-refractivity contribution in [2.24, 2.45) is 0 Å². The van der Waals surface area contributed by atoms with E-state index in [2.05, 4.69) is 35.6 Å². The van der Waals surface area contributed by atoms with Crippen molar-refractivity contribution in [1.29, 1.82) is 0 Å². The SMILES string of the molecule is COC(=O)c1cc(CN(C)C)cc2c1c(C)cn2C(C)C. The highest BCUT2D eigenvalue weighted by Gasteiger charge is 2.18. The molecule has 0 N–H and O–H groups in total. The molecule has 2 aromatic rings. The zero-order chi connectivity index (χ0) is 15.7. The second-order valence-electron chi connectivity index (χ2n) is 6.08. The second-order valence-corrected chi connectivity index (χ2v) is 6.08. The molecule has 0 amide bonds. The van der Waals surface area contributed by atoms with Crippen LogP contribution in [0.3, 0.4) is 0 Å². The van der Waals surface area contributed by atoms with Gasteiger partial charge >= 0.3 is 5.97 Å². The highest BCUT2D eigenvalue weighted by Crippen LogP contribution is 2.29. The molecule has 21 heavy (non-hydrogen) atoms. The monoisotopic (exact) mass is 288 g/mol. The molecular formula is C17H24N2O2. The van der Waals surface area contributed by atoms with Crippen LogP contribution < -0.4 is 0 Å². The smallest absolute Gasteiger partial charge is 0.338 e. The summed E-state index contributed by atoms with van der Waals surface area (Å²) < 4.78 is 7.19. The number of ether oxygens (including phenoxy) is 1. The van der Waals surface area contributed by atoms with Gasteiger partial charge in [0.2, 0.25) is 0 Å². The number of carbonyl (C=O) groups is 1. The minimum absolute atomic E-state index is 0.273. The zero-order valence-electron chi connectivity index (χ0n) is 13.7. The van der Waals surface area contributed by atoms with Crippen LogP contribution in [-0.2, 0) is 11.3 Å². The van der Waals surface area contributed by atoms with Crippen LogP contribution >= 0.6 is 0 Å². The summed E-state index contributed by atoms with van der Waals surface area (Å²) in [6.07, 6.45) is 2.11. The molecule has 2 rings (SSSR count). The van der Waals surface area contributed by atoms with Gasteiger partial charge in [-0.25, -0.2) is 4.79 Å². The van der Waals surface area contributed by atoms with Crippen LogP contribution in [0, 0.1) is 6.92 Å². The summed E-state index contributed by atoms with van der Waals surface area (Å²) >= 11 is 0. The number of nitrogens with zero attached hydrogens (tertiary/aromatic N) is 2. The number of benzene rings is 1. The Hall–Kier alpha value is -1.81. The predicted molar refractivity (Wildman–Crippen MR) is 85.8 cm³/mol. The lowest BCUT2D eigenvalue weighted by atomic mass is 10.0. The minimum atomic E-state index is -0.273. The Labute approximate surface area is 126 Å². The number of hydrogen-bond donors (Lipinski definition) is 0. The Morgan fingerprint density at radius 3 is 2.52 bits per heavy atom. The van der Waals surface area contributed by atoms with Crippen molar-refractivity contribution in [2.45, 2.75) is 33.4 Å². The average Bonchev–Trinajstić information content (AvgIpc) is 2.74. The third kappa shape index (κ3) is 2.95. The van der Waals surface area contributed by atoms with Gasteiger partial charge in [0.25, 0.3) is 0 Å². The van der Waals surface area contributed by atoms with Crippen LogP contribution in [0.25, 0.3) is 10.9 Å². The van der Waals surface area contributed by atoms with E-state index in [4.69, 9.17) is 4.74 Å². The quantitative estimate of drug-likeness (QED) is 0.809. The van der Waals surface area contributed by atoms with Crippen LogP contribution in [0.2, 0.25) is 0 Å². The number of carbonyl (C=O) groups excluding carboxylic acids is 1. The number of aromatic nitrogens is 1. The first-order chi connectivity index (χ1) is 9.85. The van der Waals surface area contributed by atoms with Gasteiger partial charge in [-0.2, -0.15) is 0 Å². The Bertz CT molecular complexity index is 669. The average molecular weight is 288 g/mol. The van der Waals surface area contributed by atoms with Crippen LogP contribution in [0.15, 0.2) is 18.3 Å². The minimum Gasteiger partial charge on any atom is -0.465 e. The molecular weight excluding hydrogens is 264 g/mol. The maximum Gasteiger partial charge on any atom is 0.338 e. The Balaban J connectivity index is 2.76. The highest BCUT2D eigenvalue weighted by molar-refractivity contribution is 6.05. The molecule has 0 spiro atoms. The summed E-state index contributed by atoms with van der Waals surface area (Å²) in [5, 5.41) is 0.998. The maximum atomic E-state index is 12.2. The topological polar surface area (TPSA) is 34.5 Å². The first kappa shape index (κ1) is 15.6. The lowest BCUT2D eigenvalue weighted by Gasteiger charge is -2.14. The molecule has 0 bridgehead atoms. The standard InChI is InChI=1S/C17H24N2O2/c1-11(2)19-9-12(3)16-14(17(20)21-6)7-13(8-15(16)19)10-18(4)5/h7-9,11H,10H2,1-6H3. The number of esters is 1. The van der Waals surface area contributed by atoms with Gasteiger partial charge in [0.05, 0.1) is 12.7 Å². The van der Waals surface area contributed by atoms with Crippen molar-refractivity contribution in [1.82, 2.24) is 9.47 Å². The highest BCUT2D eigenvalue weighted by atomic mass is 16.5. The van der Waals surface area contributed by atoms with Crippen LogP contribution in [0.1, 0.15) is 41.4 Å². The summed E-state index contributed by atoms with van der Waals surface area (Å²) in [7, 11) is 5.48. The summed E-state index contributed by atoms with van der Waals surface area (Å²) in [5.41, 5.74) is 3.98. The fraction of sp³-hybridized carbons (Fsp3) is 0.471. The fourth-order valence-electron chi connectivity index (χ4n) is 2.80. The summed E-state index contributed by atoms with van der Waals surface area (Å²) in [6, 6.07) is 4.47. The van der Waals surface area contributed by atoms with E-state index in [0.717, 1.165) is 28.6 Å². The van der Waals surface area contributed by atoms with Crippen molar-refractivity contribution in [2.75, 3.05) is 21.2 Å². The molecule has 1 aromatic carbocycles. The van der Waals surface area contributed by atoms with Gasteiger partial charge in [0.1, 0.15) is 0 Å². The van der Waals surface area contributed by atoms with Crippen molar-refractivity contribution in [3.05, 3.63) is 35.0 Å². The van der Waals surface area contributed by atoms with Crippen LogP contribution in [0.5, 0.6) is 0 Å². The molecule has 0 unspecified atom stereocenters. The molecule has 0 fully saturated rings. The molecule has 1 aromatic heterocycles. The Morgan fingerprint density at radius 2 is 2.00 bits per heavy atom. The third-order valence-corrected chi connectivity index (χ3v) is 3.64. The number of aryl methyl sites for hydroxylation is 1. The number of methoxy groups -OCH3 is 1. The van der Waals surface area contributed by atoms with Crippen molar-refractivity contribution in [3.8, 4) is 0 Å². The number of hydrogen-bond acceptors (Lipinski definition) is 3. The van der Waals surface area contributed by atoms with Crippen LogP contribution in [-0.4, -0.2) is 36.6 Å². The van der Waals surface area contributed by atoms with Gasteiger partial charge in [-0.15, -0.1) is 0 Å². The zero-order valence-corrected chi connectivity index (χ0v) is 13.7. The van der Waals surface area contributed by atoms with E-state index in [1.54, 1.807) is 0 Å². The van der Waals surface area contributed by atoms with E-state index < -0.39 is 0 Å². The largest absolute Gasteiger partial charge is 0.465 e. The summed E-state index contributed by atoms with van der Waals surface area (Å²) in [5.74, 6) is -0.273. The first-order valence-electron chi connectivity index (χ1n) is 7.22. The van der Waals surface area contributed by atoms with Crippen LogP contribution in [0.4, 0.5) is 0 Å². The lowest BCUT2D eigenvalue weighted by Crippen LogP contribution is -2.12. The van der Waals surface area contributed by atoms with Gasteiger partial charge in [-0.05, 0) is 58.1 Å².